The summed E-state index contributed by atoms with van der Waals surface area (Å²) < 4.78 is 0. The van der Waals surface area contributed by atoms with E-state index in [1.165, 1.54) is 18.4 Å². The topological polar surface area (TPSA) is 20.3 Å². The molecule has 20 heavy (non-hydrogen) atoms. The number of nitrogens with zero attached hydrogens (tertiary/aromatic N) is 1. The maximum absolute atomic E-state index is 12.4. The molecule has 0 bridgehead atoms. The van der Waals surface area contributed by atoms with Crippen molar-refractivity contribution in [3.63, 3.8) is 0 Å². The van der Waals surface area contributed by atoms with Crippen LogP contribution in [0.15, 0.2) is 24.3 Å². The van der Waals surface area contributed by atoms with Gasteiger partial charge in [-0.05, 0) is 37.7 Å². The molecule has 0 aliphatic carbocycles. The van der Waals surface area contributed by atoms with Gasteiger partial charge in [0, 0.05) is 18.2 Å². The minimum absolute atomic E-state index is 0.258. The van der Waals surface area contributed by atoms with Crippen LogP contribution in [-0.2, 0) is 6.42 Å². The third-order valence-electron chi connectivity index (χ3n) is 4.41. The number of carbonyl (C=O) groups is 1. The average molecular weight is 273 g/mol. The first-order valence-corrected chi connectivity index (χ1v) is 7.96. The SMILES string of the molecule is CCCc1ccc(C(=O)CN2CC(C)CCC2C)cc1. The van der Waals surface area contributed by atoms with Gasteiger partial charge < -0.3 is 0 Å². The zero-order chi connectivity index (χ0) is 14.5. The van der Waals surface area contributed by atoms with Crippen LogP contribution in [0.4, 0.5) is 0 Å². The van der Waals surface area contributed by atoms with Crippen molar-refractivity contribution in [3.05, 3.63) is 35.4 Å². The van der Waals surface area contributed by atoms with Gasteiger partial charge in [0.2, 0.25) is 0 Å². The number of rotatable bonds is 5. The average Bonchev–Trinajstić information content (AvgIpc) is 2.44. The summed E-state index contributed by atoms with van der Waals surface area (Å²) in [5.74, 6) is 0.972. The maximum atomic E-state index is 12.4. The molecule has 0 spiro atoms. The van der Waals surface area contributed by atoms with Gasteiger partial charge in [-0.2, -0.15) is 0 Å². The Morgan fingerprint density at radius 3 is 2.55 bits per heavy atom. The molecule has 0 saturated carbocycles. The molecular formula is C18H27NO. The fraction of sp³-hybridized carbons (Fsp3) is 0.611. The van der Waals surface area contributed by atoms with Gasteiger partial charge in [-0.3, -0.25) is 9.69 Å². The standard InChI is InChI=1S/C18H27NO/c1-4-5-16-8-10-17(11-9-16)18(20)13-19-12-14(2)6-7-15(19)3/h8-11,14-15H,4-7,12-13H2,1-3H3. The summed E-state index contributed by atoms with van der Waals surface area (Å²) in [5.41, 5.74) is 2.18. The highest BCUT2D eigenvalue weighted by Gasteiger charge is 2.24. The molecule has 2 nitrogen and oxygen atoms in total. The van der Waals surface area contributed by atoms with Gasteiger partial charge in [0.25, 0.3) is 0 Å². The van der Waals surface area contributed by atoms with Gasteiger partial charge in [0.1, 0.15) is 0 Å². The molecule has 0 radical (unpaired) electrons. The lowest BCUT2D eigenvalue weighted by atomic mass is 9.94. The molecule has 1 aromatic carbocycles. The summed E-state index contributed by atoms with van der Waals surface area (Å²) >= 11 is 0. The highest BCUT2D eigenvalue weighted by molar-refractivity contribution is 5.97. The second kappa shape index (κ2) is 7.03. The number of hydrogen-bond donors (Lipinski definition) is 0. The van der Waals surface area contributed by atoms with Crippen molar-refractivity contribution in [2.24, 2.45) is 5.92 Å². The Hall–Kier alpha value is -1.15. The zero-order valence-electron chi connectivity index (χ0n) is 13.1. The lowest BCUT2D eigenvalue weighted by Crippen LogP contribution is -2.43. The van der Waals surface area contributed by atoms with Crippen molar-refractivity contribution in [3.8, 4) is 0 Å². The molecule has 2 heteroatoms. The van der Waals surface area contributed by atoms with Crippen LogP contribution < -0.4 is 0 Å². The first-order valence-electron chi connectivity index (χ1n) is 7.96. The molecule has 1 aliphatic heterocycles. The number of aryl methyl sites for hydroxylation is 1. The molecule has 0 amide bonds. The Kier molecular flexibility index (Phi) is 5.36. The first kappa shape index (κ1) is 15.2. The normalized spacial score (nSPS) is 23.8. The van der Waals surface area contributed by atoms with Gasteiger partial charge in [-0.15, -0.1) is 0 Å². The Morgan fingerprint density at radius 1 is 1.20 bits per heavy atom. The molecule has 1 fully saturated rings. The largest absolute Gasteiger partial charge is 0.293 e. The highest BCUT2D eigenvalue weighted by atomic mass is 16.1. The molecule has 0 N–H and O–H groups in total. The molecule has 110 valence electrons. The molecule has 2 unspecified atom stereocenters. The number of carbonyl (C=O) groups excluding carboxylic acids is 1. The van der Waals surface area contributed by atoms with E-state index >= 15 is 0 Å². The summed E-state index contributed by atoms with van der Waals surface area (Å²) in [5, 5.41) is 0. The second-order valence-electron chi connectivity index (χ2n) is 6.33. The number of hydrogen-bond acceptors (Lipinski definition) is 2. The van der Waals surface area contributed by atoms with E-state index in [9.17, 15) is 4.79 Å². The van der Waals surface area contributed by atoms with Crippen LogP contribution >= 0.6 is 0 Å². The summed E-state index contributed by atoms with van der Waals surface area (Å²) in [7, 11) is 0. The van der Waals surface area contributed by atoms with Crippen LogP contribution in [0.5, 0.6) is 0 Å². The van der Waals surface area contributed by atoms with Crippen LogP contribution in [0.2, 0.25) is 0 Å². The van der Waals surface area contributed by atoms with Gasteiger partial charge >= 0.3 is 0 Å². The van der Waals surface area contributed by atoms with Gasteiger partial charge in [0.05, 0.1) is 6.54 Å². The summed E-state index contributed by atoms with van der Waals surface area (Å²) in [6, 6.07) is 8.71. The van der Waals surface area contributed by atoms with E-state index in [0.29, 0.717) is 18.5 Å². The molecule has 1 heterocycles. The van der Waals surface area contributed by atoms with Gasteiger partial charge in [-0.1, -0.05) is 44.5 Å². The summed E-state index contributed by atoms with van der Waals surface area (Å²) in [4.78, 5) is 14.7. The summed E-state index contributed by atoms with van der Waals surface area (Å²) in [6.45, 7) is 8.32. The van der Waals surface area contributed by atoms with Crippen molar-refractivity contribution < 1.29 is 4.79 Å². The number of Topliss-reactive ketones (excluding diaryl/α,β-unsaturated/α-hetero) is 1. The Labute approximate surface area is 123 Å². The minimum Gasteiger partial charge on any atom is -0.293 e. The van der Waals surface area contributed by atoms with E-state index in [1.807, 2.05) is 12.1 Å². The number of likely N-dealkylation sites (tertiary alicyclic amines) is 1. The van der Waals surface area contributed by atoms with Crippen LogP contribution in [0.1, 0.15) is 56.0 Å². The Bertz CT molecular complexity index is 437. The zero-order valence-corrected chi connectivity index (χ0v) is 13.1. The number of benzene rings is 1. The fourth-order valence-corrected chi connectivity index (χ4v) is 3.02. The van der Waals surface area contributed by atoms with Gasteiger partial charge in [-0.25, -0.2) is 0 Å². The molecule has 1 aromatic rings. The highest BCUT2D eigenvalue weighted by Crippen LogP contribution is 2.21. The quantitative estimate of drug-likeness (QED) is 0.757. The van der Waals surface area contributed by atoms with E-state index in [2.05, 4.69) is 37.8 Å². The van der Waals surface area contributed by atoms with Crippen molar-refractivity contribution in [2.45, 2.75) is 52.5 Å². The van der Waals surface area contributed by atoms with Crippen LogP contribution in [-0.4, -0.2) is 29.8 Å². The molecule has 2 atom stereocenters. The van der Waals surface area contributed by atoms with Crippen molar-refractivity contribution in [1.29, 1.82) is 0 Å². The molecule has 1 aliphatic rings. The van der Waals surface area contributed by atoms with E-state index in [0.717, 1.165) is 24.9 Å². The Balaban J connectivity index is 1.96. The monoisotopic (exact) mass is 273 g/mol. The van der Waals surface area contributed by atoms with E-state index < -0.39 is 0 Å². The van der Waals surface area contributed by atoms with Crippen LogP contribution in [0, 0.1) is 5.92 Å². The molecule has 2 rings (SSSR count). The predicted octanol–water partition coefficient (Wildman–Crippen LogP) is 3.94. The van der Waals surface area contributed by atoms with E-state index in [1.54, 1.807) is 0 Å². The fourth-order valence-electron chi connectivity index (χ4n) is 3.02. The van der Waals surface area contributed by atoms with E-state index in [-0.39, 0.29) is 5.78 Å². The molecule has 0 aromatic heterocycles. The third-order valence-corrected chi connectivity index (χ3v) is 4.41. The predicted molar refractivity (Wildman–Crippen MR) is 84.2 cm³/mol. The number of ketones is 1. The summed E-state index contributed by atoms with van der Waals surface area (Å²) in [6.07, 6.45) is 4.74. The third kappa shape index (κ3) is 3.92. The smallest absolute Gasteiger partial charge is 0.176 e. The lowest BCUT2D eigenvalue weighted by molar-refractivity contribution is 0.0805. The maximum Gasteiger partial charge on any atom is 0.176 e. The van der Waals surface area contributed by atoms with Crippen LogP contribution in [0.3, 0.4) is 0 Å². The Morgan fingerprint density at radius 2 is 1.90 bits per heavy atom. The van der Waals surface area contributed by atoms with Crippen molar-refractivity contribution in [2.75, 3.05) is 13.1 Å². The number of piperidine rings is 1. The lowest BCUT2D eigenvalue weighted by Gasteiger charge is -2.36. The minimum atomic E-state index is 0.258. The van der Waals surface area contributed by atoms with Crippen molar-refractivity contribution in [1.82, 2.24) is 4.90 Å². The molecular weight excluding hydrogens is 246 g/mol. The second-order valence-corrected chi connectivity index (χ2v) is 6.33. The van der Waals surface area contributed by atoms with Crippen LogP contribution in [0.25, 0.3) is 0 Å². The van der Waals surface area contributed by atoms with E-state index in [4.69, 9.17) is 0 Å². The first-order chi connectivity index (χ1) is 9.60. The molecule has 1 saturated heterocycles. The van der Waals surface area contributed by atoms with Gasteiger partial charge in [0.15, 0.2) is 5.78 Å². The van der Waals surface area contributed by atoms with Crippen molar-refractivity contribution >= 4 is 5.78 Å².